The van der Waals surface area contributed by atoms with Crippen LogP contribution in [0.15, 0.2) is 0 Å². The van der Waals surface area contributed by atoms with E-state index in [1.54, 1.807) is 41.5 Å². The molecular formula is C13H26NO4+. The molecular weight excluding hydrogens is 234 g/mol. The van der Waals surface area contributed by atoms with Crippen LogP contribution in [0, 0.1) is 0 Å². The summed E-state index contributed by atoms with van der Waals surface area (Å²) < 4.78 is 10.3. The van der Waals surface area contributed by atoms with Crippen molar-refractivity contribution >= 4 is 11.9 Å². The molecule has 1 atom stereocenters. The second-order valence-electron chi connectivity index (χ2n) is 6.36. The molecule has 106 valence electrons. The van der Waals surface area contributed by atoms with Crippen molar-refractivity contribution in [1.82, 2.24) is 0 Å². The van der Waals surface area contributed by atoms with E-state index < -0.39 is 17.2 Å². The minimum Gasteiger partial charge on any atom is -0.460 e. The van der Waals surface area contributed by atoms with Crippen molar-refractivity contribution in [3.8, 4) is 0 Å². The minimum absolute atomic E-state index is 0.171. The highest BCUT2D eigenvalue weighted by atomic mass is 16.6. The third-order valence-electron chi connectivity index (χ3n) is 1.86. The average Bonchev–Trinajstić information content (AvgIpc) is 2.08. The predicted octanol–water partition coefficient (Wildman–Crippen LogP) is 1.06. The first-order valence-corrected chi connectivity index (χ1v) is 6.18. The molecule has 0 bridgehead atoms. The fourth-order valence-electron chi connectivity index (χ4n) is 1.19. The fraction of sp³-hybridized carbons (Fsp3) is 0.846. The molecule has 0 saturated carbocycles. The van der Waals surface area contributed by atoms with Crippen LogP contribution in [0.4, 0.5) is 0 Å². The summed E-state index contributed by atoms with van der Waals surface area (Å²) in [5.41, 5.74) is 2.68. The quantitative estimate of drug-likeness (QED) is 0.766. The van der Waals surface area contributed by atoms with Gasteiger partial charge in [-0.3, -0.25) is 4.79 Å². The monoisotopic (exact) mass is 260 g/mol. The molecule has 0 aliphatic carbocycles. The highest BCUT2D eigenvalue weighted by Crippen LogP contribution is 2.11. The number of carbonyl (C=O) groups excluding carboxylic acids is 2. The zero-order chi connectivity index (χ0) is 14.6. The molecule has 0 rings (SSSR count). The smallest absolute Gasteiger partial charge is 0.365 e. The van der Waals surface area contributed by atoms with Gasteiger partial charge < -0.3 is 15.2 Å². The minimum atomic E-state index is -0.545. The van der Waals surface area contributed by atoms with Gasteiger partial charge in [-0.2, -0.15) is 0 Å². The molecule has 3 N–H and O–H groups in total. The van der Waals surface area contributed by atoms with Gasteiger partial charge >= 0.3 is 11.9 Å². The lowest BCUT2D eigenvalue weighted by Gasteiger charge is -2.21. The number of quaternary nitrogens is 1. The van der Waals surface area contributed by atoms with E-state index in [4.69, 9.17) is 9.47 Å². The Morgan fingerprint density at radius 1 is 1.00 bits per heavy atom. The number of esters is 2. The van der Waals surface area contributed by atoms with E-state index >= 15 is 0 Å². The van der Waals surface area contributed by atoms with E-state index in [1.165, 1.54) is 0 Å². The van der Waals surface area contributed by atoms with Gasteiger partial charge in [-0.25, -0.2) is 4.79 Å². The molecule has 0 aromatic carbocycles. The second kappa shape index (κ2) is 6.18. The van der Waals surface area contributed by atoms with Crippen LogP contribution in [0.3, 0.4) is 0 Å². The molecule has 5 nitrogen and oxygen atoms in total. The van der Waals surface area contributed by atoms with Gasteiger partial charge in [0.05, 0.1) is 6.42 Å². The maximum absolute atomic E-state index is 11.6. The predicted molar refractivity (Wildman–Crippen MR) is 67.6 cm³/mol. The first-order valence-electron chi connectivity index (χ1n) is 6.18. The number of carbonyl (C=O) groups is 2. The summed E-state index contributed by atoms with van der Waals surface area (Å²) in [6.07, 6.45) is 0.508. The van der Waals surface area contributed by atoms with E-state index in [9.17, 15) is 9.59 Å². The Morgan fingerprint density at radius 2 is 1.44 bits per heavy atom. The van der Waals surface area contributed by atoms with E-state index in [0.29, 0.717) is 6.42 Å². The van der Waals surface area contributed by atoms with Crippen LogP contribution < -0.4 is 5.73 Å². The summed E-state index contributed by atoms with van der Waals surface area (Å²) >= 11 is 0. The van der Waals surface area contributed by atoms with Crippen LogP contribution >= 0.6 is 0 Å². The van der Waals surface area contributed by atoms with Gasteiger partial charge in [-0.05, 0) is 41.5 Å². The Morgan fingerprint density at radius 3 is 1.83 bits per heavy atom. The van der Waals surface area contributed by atoms with Gasteiger partial charge in [-0.1, -0.05) is 0 Å². The Hall–Kier alpha value is -1.10. The van der Waals surface area contributed by atoms with E-state index in [0.717, 1.165) is 0 Å². The van der Waals surface area contributed by atoms with Crippen molar-refractivity contribution in [3.05, 3.63) is 0 Å². The Bertz CT molecular complexity index is 299. The van der Waals surface area contributed by atoms with Crippen LogP contribution in [0.1, 0.15) is 54.4 Å². The fourth-order valence-corrected chi connectivity index (χ4v) is 1.19. The van der Waals surface area contributed by atoms with Crippen LogP contribution in [0.2, 0.25) is 0 Å². The average molecular weight is 260 g/mol. The maximum Gasteiger partial charge on any atom is 0.365 e. The molecule has 0 spiro atoms. The number of hydrogen-bond donors (Lipinski definition) is 1. The first-order chi connectivity index (χ1) is 7.91. The normalized spacial score (nSPS) is 13.9. The lowest BCUT2D eigenvalue weighted by Crippen LogP contribution is -2.66. The van der Waals surface area contributed by atoms with E-state index in [2.05, 4.69) is 5.73 Å². The van der Waals surface area contributed by atoms with Gasteiger partial charge in [0.2, 0.25) is 0 Å². The van der Waals surface area contributed by atoms with Gasteiger partial charge in [0.1, 0.15) is 11.2 Å². The first kappa shape index (κ1) is 16.9. The summed E-state index contributed by atoms with van der Waals surface area (Å²) in [7, 11) is 0. The van der Waals surface area contributed by atoms with Crippen molar-refractivity contribution in [2.45, 2.75) is 71.6 Å². The van der Waals surface area contributed by atoms with Gasteiger partial charge in [-0.15, -0.1) is 0 Å². The van der Waals surface area contributed by atoms with Gasteiger partial charge in [0, 0.05) is 6.42 Å². The molecule has 0 aliphatic rings. The highest BCUT2D eigenvalue weighted by Gasteiger charge is 2.26. The molecule has 0 aliphatic heterocycles. The van der Waals surface area contributed by atoms with Crippen LogP contribution in [0.5, 0.6) is 0 Å². The number of hydrogen-bond acceptors (Lipinski definition) is 4. The third kappa shape index (κ3) is 8.98. The topological polar surface area (TPSA) is 80.2 Å². The van der Waals surface area contributed by atoms with Crippen LogP contribution in [-0.4, -0.2) is 29.2 Å². The summed E-state index contributed by atoms with van der Waals surface area (Å²) in [5, 5.41) is 0. The van der Waals surface area contributed by atoms with Crippen molar-refractivity contribution in [3.63, 3.8) is 0 Å². The summed E-state index contributed by atoms with van der Waals surface area (Å²) in [6, 6.07) is -0.545. The molecule has 0 saturated heterocycles. The number of rotatable bonds is 4. The standard InChI is InChI=1S/C13H25NO4/c1-12(2,3)17-10(15)8-7-9(14)11(16)18-13(4,5)6/h9H,7-8,14H2,1-6H3/p+1/t9-/m1/s1. The summed E-state index contributed by atoms with van der Waals surface area (Å²) in [5.74, 6) is -0.703. The highest BCUT2D eigenvalue weighted by molar-refractivity contribution is 5.76. The molecule has 0 aromatic rings. The molecule has 0 heterocycles. The largest absolute Gasteiger partial charge is 0.460 e. The number of ether oxygens (including phenoxy) is 2. The van der Waals surface area contributed by atoms with Crippen molar-refractivity contribution in [2.24, 2.45) is 0 Å². The molecule has 0 amide bonds. The molecule has 18 heavy (non-hydrogen) atoms. The Balaban J connectivity index is 4.07. The third-order valence-corrected chi connectivity index (χ3v) is 1.86. The van der Waals surface area contributed by atoms with Crippen molar-refractivity contribution in [2.75, 3.05) is 0 Å². The Kier molecular flexibility index (Phi) is 5.80. The van der Waals surface area contributed by atoms with Crippen LogP contribution in [0.25, 0.3) is 0 Å². The lowest BCUT2D eigenvalue weighted by atomic mass is 10.1. The Labute approximate surface area is 109 Å². The summed E-state index contributed by atoms with van der Waals surface area (Å²) in [4.78, 5) is 23.1. The zero-order valence-corrected chi connectivity index (χ0v) is 12.3. The molecule has 0 aromatic heterocycles. The second-order valence-corrected chi connectivity index (χ2v) is 6.36. The molecule has 5 heteroatoms. The molecule has 0 radical (unpaired) electrons. The lowest BCUT2D eigenvalue weighted by molar-refractivity contribution is -0.410. The van der Waals surface area contributed by atoms with Gasteiger partial charge in [0.15, 0.2) is 6.04 Å². The maximum atomic E-state index is 11.6. The molecule has 0 fully saturated rings. The molecule has 0 unspecified atom stereocenters. The van der Waals surface area contributed by atoms with E-state index in [-0.39, 0.29) is 18.4 Å². The van der Waals surface area contributed by atoms with Crippen LogP contribution in [-0.2, 0) is 19.1 Å². The van der Waals surface area contributed by atoms with E-state index in [1.807, 2.05) is 0 Å². The SMILES string of the molecule is CC(C)(C)OC(=O)CC[C@@H]([NH3+])C(=O)OC(C)(C)C. The van der Waals surface area contributed by atoms with Crippen molar-refractivity contribution in [1.29, 1.82) is 0 Å². The van der Waals surface area contributed by atoms with Crippen molar-refractivity contribution < 1.29 is 24.8 Å². The van der Waals surface area contributed by atoms with Gasteiger partial charge in [0.25, 0.3) is 0 Å². The summed E-state index contributed by atoms with van der Waals surface area (Å²) in [6.45, 7) is 10.8. The zero-order valence-electron chi connectivity index (χ0n) is 12.3.